The maximum Gasteiger partial charge on any atom is 0.161 e. The van der Waals surface area contributed by atoms with Crippen LogP contribution in [0, 0.1) is 11.6 Å². The average molecular weight is 251 g/mol. The van der Waals surface area contributed by atoms with Crippen molar-refractivity contribution in [3.05, 3.63) is 29.6 Å². The van der Waals surface area contributed by atoms with Gasteiger partial charge in [-0.15, -0.1) is 0 Å². The molecular weight excluding hydrogens is 238 g/mol. The summed E-state index contributed by atoms with van der Waals surface area (Å²) in [6.07, 6.45) is 0. The van der Waals surface area contributed by atoms with Crippen LogP contribution in [0.5, 0.6) is 0 Å². The topological polar surface area (TPSA) is 46.0 Å². The molecule has 0 bridgehead atoms. The number of benzene rings is 1. The smallest absolute Gasteiger partial charge is 0.161 e. The van der Waals surface area contributed by atoms with E-state index in [4.69, 9.17) is 0 Å². The molecule has 2 heterocycles. The van der Waals surface area contributed by atoms with Crippen molar-refractivity contribution in [3.8, 4) is 0 Å². The average Bonchev–Trinajstić information content (AvgIpc) is 2.73. The van der Waals surface area contributed by atoms with Crippen molar-refractivity contribution in [1.82, 2.24) is 20.2 Å². The number of hydrogen-bond acceptors (Lipinski definition) is 2. The highest BCUT2D eigenvalue weighted by molar-refractivity contribution is 5.75. The molecule has 2 aromatic rings. The number of rotatable bonds is 1. The van der Waals surface area contributed by atoms with Crippen LogP contribution in [0.25, 0.3) is 11.0 Å². The van der Waals surface area contributed by atoms with E-state index < -0.39 is 11.6 Å². The first kappa shape index (κ1) is 11.6. The van der Waals surface area contributed by atoms with Crippen LogP contribution in [0.4, 0.5) is 8.78 Å². The fraction of sp³-hybridized carbons (Fsp3) is 0.417. The number of piperazine rings is 1. The molecule has 95 valence electrons. The summed E-state index contributed by atoms with van der Waals surface area (Å²) in [7, 11) is 2.02. The molecule has 6 heteroatoms. The molecule has 1 unspecified atom stereocenters. The third-order valence-corrected chi connectivity index (χ3v) is 3.17. The second-order valence-electron chi connectivity index (χ2n) is 4.59. The molecule has 1 saturated heterocycles. The summed E-state index contributed by atoms with van der Waals surface area (Å²) in [6.45, 7) is 2.45. The van der Waals surface area contributed by atoms with Crippen molar-refractivity contribution in [2.45, 2.75) is 6.04 Å². The molecule has 1 fully saturated rings. The van der Waals surface area contributed by atoms with Crippen molar-refractivity contribution < 1.29 is 8.78 Å². The number of fused-ring (bicyclic) bond motifs is 1. The molecule has 1 radical (unpaired) electrons. The molecule has 0 amide bonds. The number of aromatic amines is 1. The summed E-state index contributed by atoms with van der Waals surface area (Å²) < 4.78 is 26.2. The first-order valence-electron chi connectivity index (χ1n) is 5.83. The standard InChI is InChI=1S/C12H13F2N4/c1-18-3-2-15-11(6-18)12-16-9-4-7(13)8(14)5-10(9)17-12/h4-5,11H,2-3,6H2,1H3,(H,16,17). The van der Waals surface area contributed by atoms with Gasteiger partial charge in [0, 0.05) is 31.8 Å². The lowest BCUT2D eigenvalue weighted by molar-refractivity contribution is 0.232. The van der Waals surface area contributed by atoms with E-state index in [1.165, 1.54) is 0 Å². The van der Waals surface area contributed by atoms with Crippen LogP contribution in [0.3, 0.4) is 0 Å². The molecule has 0 spiro atoms. The summed E-state index contributed by atoms with van der Waals surface area (Å²) in [5.74, 6) is -1.07. The molecule has 1 N–H and O–H groups in total. The van der Waals surface area contributed by atoms with Gasteiger partial charge in [0.1, 0.15) is 5.82 Å². The van der Waals surface area contributed by atoms with Crippen molar-refractivity contribution >= 4 is 11.0 Å². The van der Waals surface area contributed by atoms with Gasteiger partial charge in [-0.05, 0) is 7.05 Å². The quantitative estimate of drug-likeness (QED) is 0.833. The maximum absolute atomic E-state index is 13.1. The Hall–Kier alpha value is -1.53. The van der Waals surface area contributed by atoms with Gasteiger partial charge in [-0.2, -0.15) is 0 Å². The Morgan fingerprint density at radius 3 is 2.89 bits per heavy atom. The van der Waals surface area contributed by atoms with Crippen LogP contribution in [-0.4, -0.2) is 41.5 Å². The van der Waals surface area contributed by atoms with E-state index in [2.05, 4.69) is 20.2 Å². The molecule has 3 rings (SSSR count). The second-order valence-corrected chi connectivity index (χ2v) is 4.59. The molecular formula is C12H13F2N4. The van der Waals surface area contributed by atoms with Gasteiger partial charge in [-0.25, -0.2) is 19.1 Å². The minimum Gasteiger partial charge on any atom is -0.340 e. The van der Waals surface area contributed by atoms with Gasteiger partial charge in [0.2, 0.25) is 0 Å². The molecule has 1 aliphatic rings. The zero-order valence-corrected chi connectivity index (χ0v) is 9.95. The lowest BCUT2D eigenvalue weighted by Gasteiger charge is -2.28. The van der Waals surface area contributed by atoms with E-state index in [9.17, 15) is 8.78 Å². The summed E-state index contributed by atoms with van der Waals surface area (Å²) >= 11 is 0. The van der Waals surface area contributed by atoms with Crippen LogP contribution < -0.4 is 5.32 Å². The Balaban J connectivity index is 1.97. The largest absolute Gasteiger partial charge is 0.340 e. The van der Waals surface area contributed by atoms with Crippen molar-refractivity contribution in [1.29, 1.82) is 0 Å². The summed E-state index contributed by atoms with van der Waals surface area (Å²) in [5, 5.41) is 4.47. The first-order chi connectivity index (χ1) is 8.63. The monoisotopic (exact) mass is 251 g/mol. The number of H-pyrrole nitrogens is 1. The Bertz CT molecular complexity index is 542. The van der Waals surface area contributed by atoms with Gasteiger partial charge in [-0.3, -0.25) is 0 Å². The summed E-state index contributed by atoms with van der Waals surface area (Å²) in [5.41, 5.74) is 0.944. The molecule has 18 heavy (non-hydrogen) atoms. The van der Waals surface area contributed by atoms with Crippen LogP contribution in [0.15, 0.2) is 12.1 Å². The lowest BCUT2D eigenvalue weighted by Crippen LogP contribution is -2.40. The van der Waals surface area contributed by atoms with E-state index in [0.717, 1.165) is 31.8 Å². The Labute approximate surface area is 103 Å². The SMILES string of the molecule is CN1CC[N]C(c2nc3cc(F)c(F)cc3[nH]2)C1. The van der Waals surface area contributed by atoms with Crippen molar-refractivity contribution in [2.24, 2.45) is 0 Å². The third-order valence-electron chi connectivity index (χ3n) is 3.17. The molecule has 1 aromatic carbocycles. The van der Waals surface area contributed by atoms with Gasteiger partial charge in [-0.1, -0.05) is 0 Å². The van der Waals surface area contributed by atoms with Crippen LogP contribution in [0.2, 0.25) is 0 Å². The number of imidazole rings is 1. The Morgan fingerprint density at radius 1 is 1.33 bits per heavy atom. The van der Waals surface area contributed by atoms with Crippen molar-refractivity contribution in [2.75, 3.05) is 26.7 Å². The minimum atomic E-state index is -0.877. The van der Waals surface area contributed by atoms with Crippen molar-refractivity contribution in [3.63, 3.8) is 0 Å². The summed E-state index contributed by atoms with van der Waals surface area (Å²) in [4.78, 5) is 9.46. The second kappa shape index (κ2) is 4.29. The Morgan fingerprint density at radius 2 is 2.11 bits per heavy atom. The highest BCUT2D eigenvalue weighted by Crippen LogP contribution is 2.21. The van der Waals surface area contributed by atoms with Gasteiger partial charge in [0.15, 0.2) is 11.6 Å². The van der Waals surface area contributed by atoms with Gasteiger partial charge >= 0.3 is 0 Å². The van der Waals surface area contributed by atoms with Gasteiger partial charge in [0.05, 0.1) is 17.1 Å². The molecule has 0 aliphatic carbocycles. The van der Waals surface area contributed by atoms with E-state index in [-0.39, 0.29) is 6.04 Å². The number of nitrogens with one attached hydrogen (secondary N) is 1. The highest BCUT2D eigenvalue weighted by atomic mass is 19.2. The van der Waals surface area contributed by atoms with E-state index in [0.29, 0.717) is 16.9 Å². The summed E-state index contributed by atoms with van der Waals surface area (Å²) in [6, 6.07) is 2.19. The molecule has 1 aliphatic heterocycles. The zero-order valence-electron chi connectivity index (χ0n) is 9.95. The maximum atomic E-state index is 13.1. The normalized spacial score (nSPS) is 21.6. The Kier molecular flexibility index (Phi) is 2.76. The predicted molar refractivity (Wildman–Crippen MR) is 63.2 cm³/mol. The molecule has 4 nitrogen and oxygen atoms in total. The van der Waals surface area contributed by atoms with Crippen LogP contribution in [-0.2, 0) is 0 Å². The first-order valence-corrected chi connectivity index (χ1v) is 5.83. The molecule has 1 aromatic heterocycles. The van der Waals surface area contributed by atoms with Crippen LogP contribution in [0.1, 0.15) is 11.9 Å². The number of aromatic nitrogens is 2. The zero-order chi connectivity index (χ0) is 12.7. The minimum absolute atomic E-state index is 0.0535. The number of likely N-dealkylation sites (N-methyl/N-ethyl adjacent to an activating group) is 1. The number of nitrogens with zero attached hydrogens (tertiary/aromatic N) is 3. The number of halogens is 2. The number of hydrogen-bond donors (Lipinski definition) is 1. The van der Waals surface area contributed by atoms with E-state index >= 15 is 0 Å². The molecule has 0 saturated carbocycles. The lowest BCUT2D eigenvalue weighted by atomic mass is 10.2. The molecule has 1 atom stereocenters. The third kappa shape index (κ3) is 1.97. The predicted octanol–water partition coefficient (Wildman–Crippen LogP) is 1.43. The fourth-order valence-corrected chi connectivity index (χ4v) is 2.18. The van der Waals surface area contributed by atoms with E-state index in [1.54, 1.807) is 0 Å². The fourth-order valence-electron chi connectivity index (χ4n) is 2.18. The van der Waals surface area contributed by atoms with Gasteiger partial charge in [0.25, 0.3) is 0 Å². The van der Waals surface area contributed by atoms with Gasteiger partial charge < -0.3 is 9.88 Å². The van der Waals surface area contributed by atoms with Crippen LogP contribution >= 0.6 is 0 Å². The van der Waals surface area contributed by atoms with E-state index in [1.807, 2.05) is 7.05 Å². The highest BCUT2D eigenvalue weighted by Gasteiger charge is 2.22.